The number of hydrogen-bond acceptors (Lipinski definition) is 4. The molecule has 1 amide bonds. The van der Waals surface area contributed by atoms with E-state index in [2.05, 4.69) is 43.5 Å². The first-order chi connectivity index (χ1) is 18.6. The number of aliphatic hydroxyl groups excluding tert-OH is 3. The minimum atomic E-state index is -1.11. The summed E-state index contributed by atoms with van der Waals surface area (Å²) in [6.07, 6.45) is 32.9. The summed E-state index contributed by atoms with van der Waals surface area (Å²) in [5.41, 5.74) is 0. The lowest BCUT2D eigenvalue weighted by Gasteiger charge is -2.21. The van der Waals surface area contributed by atoms with Crippen LogP contribution in [-0.2, 0) is 4.79 Å². The van der Waals surface area contributed by atoms with Crippen molar-refractivity contribution in [3.8, 4) is 0 Å². The zero-order valence-electron chi connectivity index (χ0n) is 24.8. The average Bonchev–Trinajstić information content (AvgIpc) is 2.92. The fourth-order valence-electron chi connectivity index (χ4n) is 4.37. The Bertz CT molecular complexity index is 602. The molecule has 0 saturated heterocycles. The molecule has 5 heteroatoms. The van der Waals surface area contributed by atoms with Crippen molar-refractivity contribution >= 4 is 5.91 Å². The highest BCUT2D eigenvalue weighted by molar-refractivity contribution is 5.80. The first-order valence-corrected chi connectivity index (χ1v) is 15.8. The van der Waals surface area contributed by atoms with Gasteiger partial charge in [0, 0.05) is 0 Å². The Balaban J connectivity index is 3.91. The smallest absolute Gasteiger partial charge is 0.249 e. The van der Waals surface area contributed by atoms with Crippen molar-refractivity contribution in [1.29, 1.82) is 0 Å². The van der Waals surface area contributed by atoms with Crippen LogP contribution in [0.1, 0.15) is 142 Å². The van der Waals surface area contributed by atoms with Crippen molar-refractivity contribution in [2.24, 2.45) is 0 Å². The van der Waals surface area contributed by atoms with Gasteiger partial charge < -0.3 is 20.6 Å². The van der Waals surface area contributed by atoms with E-state index in [-0.39, 0.29) is 6.61 Å². The number of aliphatic hydroxyl groups is 3. The zero-order valence-corrected chi connectivity index (χ0v) is 24.8. The molecule has 5 nitrogen and oxygen atoms in total. The third kappa shape index (κ3) is 23.7. The Morgan fingerprint density at radius 1 is 0.632 bits per heavy atom. The molecule has 0 aliphatic rings. The third-order valence-electron chi connectivity index (χ3n) is 6.95. The molecule has 0 aliphatic carbocycles. The van der Waals surface area contributed by atoms with Gasteiger partial charge in [0.15, 0.2) is 0 Å². The highest BCUT2D eigenvalue weighted by atomic mass is 16.3. The maximum atomic E-state index is 12.3. The molecule has 3 atom stereocenters. The van der Waals surface area contributed by atoms with Gasteiger partial charge in [-0.1, -0.05) is 121 Å². The molecule has 0 radical (unpaired) electrons. The molecule has 3 unspecified atom stereocenters. The highest BCUT2D eigenvalue weighted by Gasteiger charge is 2.22. The molecule has 0 heterocycles. The van der Waals surface area contributed by atoms with Gasteiger partial charge in [-0.15, -0.1) is 0 Å². The van der Waals surface area contributed by atoms with Crippen LogP contribution in [0.4, 0.5) is 0 Å². The lowest BCUT2D eigenvalue weighted by molar-refractivity contribution is -0.131. The molecule has 0 spiro atoms. The largest absolute Gasteiger partial charge is 0.394 e. The summed E-state index contributed by atoms with van der Waals surface area (Å²) in [6.45, 7) is 4.08. The van der Waals surface area contributed by atoms with E-state index in [0.717, 1.165) is 51.4 Å². The second kappa shape index (κ2) is 28.6. The molecule has 0 fully saturated rings. The lowest BCUT2D eigenvalue weighted by Crippen LogP contribution is -2.48. The van der Waals surface area contributed by atoms with Crippen molar-refractivity contribution in [3.05, 3.63) is 36.5 Å². The van der Waals surface area contributed by atoms with Crippen LogP contribution < -0.4 is 5.32 Å². The van der Waals surface area contributed by atoms with E-state index in [0.29, 0.717) is 6.42 Å². The van der Waals surface area contributed by atoms with Gasteiger partial charge in [-0.2, -0.15) is 0 Å². The summed E-state index contributed by atoms with van der Waals surface area (Å²) >= 11 is 0. The second-order valence-electron chi connectivity index (χ2n) is 10.6. The summed E-state index contributed by atoms with van der Waals surface area (Å²) < 4.78 is 0. The van der Waals surface area contributed by atoms with Gasteiger partial charge in [-0.25, -0.2) is 0 Å². The highest BCUT2D eigenvalue weighted by Crippen LogP contribution is 2.11. The number of allylic oxidation sites excluding steroid dienone is 5. The van der Waals surface area contributed by atoms with E-state index in [1.807, 2.05) is 6.08 Å². The summed E-state index contributed by atoms with van der Waals surface area (Å²) in [7, 11) is 0. The normalized spacial score (nSPS) is 14.6. The van der Waals surface area contributed by atoms with Crippen molar-refractivity contribution < 1.29 is 20.1 Å². The summed E-state index contributed by atoms with van der Waals surface area (Å²) in [5, 5.41) is 32.7. The van der Waals surface area contributed by atoms with E-state index < -0.39 is 24.2 Å². The van der Waals surface area contributed by atoms with Crippen LogP contribution in [0.5, 0.6) is 0 Å². The number of carbonyl (C=O) groups is 1. The van der Waals surface area contributed by atoms with E-state index >= 15 is 0 Å². The zero-order chi connectivity index (χ0) is 28.1. The Morgan fingerprint density at radius 2 is 1.08 bits per heavy atom. The van der Waals surface area contributed by atoms with Crippen molar-refractivity contribution in [1.82, 2.24) is 5.32 Å². The molecule has 0 bridgehead atoms. The fraction of sp³-hybridized carbons (Fsp3) is 0.788. The van der Waals surface area contributed by atoms with E-state index in [1.165, 1.54) is 70.6 Å². The van der Waals surface area contributed by atoms with Gasteiger partial charge in [-0.05, 0) is 57.8 Å². The van der Waals surface area contributed by atoms with Crippen LogP contribution in [0.3, 0.4) is 0 Å². The number of carbonyl (C=O) groups excluding carboxylic acids is 1. The van der Waals surface area contributed by atoms with Crippen molar-refractivity contribution in [2.45, 2.75) is 161 Å². The Labute approximate surface area is 234 Å². The predicted octanol–water partition coefficient (Wildman–Crippen LogP) is 7.70. The van der Waals surface area contributed by atoms with Crippen molar-refractivity contribution in [3.63, 3.8) is 0 Å². The average molecular weight is 536 g/mol. The number of nitrogens with one attached hydrogen (secondary N) is 1. The number of hydrogen-bond donors (Lipinski definition) is 4. The number of rotatable bonds is 27. The van der Waals surface area contributed by atoms with Gasteiger partial charge in [0.05, 0.1) is 18.8 Å². The topological polar surface area (TPSA) is 89.8 Å². The molecule has 38 heavy (non-hydrogen) atoms. The monoisotopic (exact) mass is 535 g/mol. The van der Waals surface area contributed by atoms with Crippen LogP contribution >= 0.6 is 0 Å². The van der Waals surface area contributed by atoms with Crippen LogP contribution in [0.25, 0.3) is 0 Å². The maximum absolute atomic E-state index is 12.3. The summed E-state index contributed by atoms with van der Waals surface area (Å²) in [5.74, 6) is -0.528. The Kier molecular flexibility index (Phi) is 27.5. The standard InChI is InChI=1S/C33H61NO4/c1-3-5-7-9-11-13-15-16-18-19-21-23-25-27-31(36)30(29-35)34-33(38)32(37)28-26-24-22-20-17-14-12-10-8-6-4-2/h12,14,18-19,25,27,30-32,35-37H,3-11,13,15-17,20-24,26,28-29H2,1-2H3,(H,34,38)/b14-12-,19-18+,27-25+. The van der Waals surface area contributed by atoms with Crippen LogP contribution in [0, 0.1) is 0 Å². The van der Waals surface area contributed by atoms with Gasteiger partial charge in [0.1, 0.15) is 6.10 Å². The summed E-state index contributed by atoms with van der Waals surface area (Å²) in [6, 6.07) is -0.814. The molecule has 0 rings (SSSR count). The van der Waals surface area contributed by atoms with E-state index in [4.69, 9.17) is 0 Å². The lowest BCUT2D eigenvalue weighted by atomic mass is 10.1. The minimum Gasteiger partial charge on any atom is -0.394 e. The fourth-order valence-corrected chi connectivity index (χ4v) is 4.37. The molecule has 222 valence electrons. The molecule has 0 saturated carbocycles. The first kappa shape index (κ1) is 36.6. The van der Waals surface area contributed by atoms with Gasteiger partial charge in [0.25, 0.3) is 0 Å². The van der Waals surface area contributed by atoms with Crippen molar-refractivity contribution in [2.75, 3.05) is 6.61 Å². The quantitative estimate of drug-likeness (QED) is 0.0641. The molecular formula is C33H61NO4. The summed E-state index contributed by atoms with van der Waals surface area (Å²) in [4.78, 5) is 12.3. The number of unbranched alkanes of at least 4 members (excludes halogenated alkanes) is 15. The van der Waals surface area contributed by atoms with Crippen LogP contribution in [0.2, 0.25) is 0 Å². The first-order valence-electron chi connectivity index (χ1n) is 15.8. The van der Waals surface area contributed by atoms with Gasteiger partial charge in [-0.3, -0.25) is 4.79 Å². The van der Waals surface area contributed by atoms with Crippen LogP contribution in [0.15, 0.2) is 36.5 Å². The van der Waals surface area contributed by atoms with E-state index in [9.17, 15) is 20.1 Å². The Hall–Kier alpha value is -1.43. The molecule has 0 aromatic heterocycles. The predicted molar refractivity (Wildman–Crippen MR) is 162 cm³/mol. The van der Waals surface area contributed by atoms with Crippen LogP contribution in [-0.4, -0.2) is 46.1 Å². The molecule has 0 aliphatic heterocycles. The third-order valence-corrected chi connectivity index (χ3v) is 6.95. The molecule has 0 aromatic carbocycles. The molecular weight excluding hydrogens is 474 g/mol. The SMILES string of the molecule is CCCCC/C=C\CCCCCCC(O)C(=O)NC(CO)C(O)/C=C/CC/C=C/CCCCCCCCC. The minimum absolute atomic E-state index is 0.381. The molecule has 4 N–H and O–H groups in total. The van der Waals surface area contributed by atoms with Gasteiger partial charge >= 0.3 is 0 Å². The maximum Gasteiger partial charge on any atom is 0.249 e. The Morgan fingerprint density at radius 3 is 1.66 bits per heavy atom. The second-order valence-corrected chi connectivity index (χ2v) is 10.6. The number of amides is 1. The van der Waals surface area contributed by atoms with E-state index in [1.54, 1.807) is 6.08 Å². The van der Waals surface area contributed by atoms with Gasteiger partial charge in [0.2, 0.25) is 5.91 Å². The molecule has 0 aromatic rings.